The van der Waals surface area contributed by atoms with Crippen molar-refractivity contribution in [2.45, 2.75) is 45.2 Å². The van der Waals surface area contributed by atoms with Crippen LogP contribution in [0.25, 0.3) is 0 Å². The summed E-state index contributed by atoms with van der Waals surface area (Å²) in [6.07, 6.45) is 1.31. The normalized spacial score (nSPS) is 18.7. The second-order valence-corrected chi connectivity index (χ2v) is 7.40. The average molecular weight is 387 g/mol. The summed E-state index contributed by atoms with van der Waals surface area (Å²) in [6.45, 7) is 3.62. The number of carbonyl (C=O) groups excluding carboxylic acids is 1. The first-order chi connectivity index (χ1) is 12.8. The van der Waals surface area contributed by atoms with Gasteiger partial charge < -0.3 is 15.3 Å². The monoisotopic (exact) mass is 386 g/mol. The molecule has 0 saturated heterocycles. The van der Waals surface area contributed by atoms with Crippen LogP contribution >= 0.6 is 11.6 Å². The van der Waals surface area contributed by atoms with Crippen LogP contribution in [-0.4, -0.2) is 23.0 Å². The molecule has 2 aromatic rings. The van der Waals surface area contributed by atoms with E-state index in [2.05, 4.69) is 5.32 Å². The third-order valence-corrected chi connectivity index (χ3v) is 5.15. The molecule has 3 rings (SSSR count). The second-order valence-electron chi connectivity index (χ2n) is 6.96. The number of amides is 1. The molecule has 5 nitrogen and oxygen atoms in total. The van der Waals surface area contributed by atoms with E-state index >= 15 is 0 Å². The van der Waals surface area contributed by atoms with Crippen molar-refractivity contribution in [3.8, 4) is 0 Å². The first-order valence-electron chi connectivity index (χ1n) is 9.01. The number of fused-ring (bicyclic) bond motifs is 1. The van der Waals surface area contributed by atoms with Crippen molar-refractivity contribution >= 4 is 34.9 Å². The minimum atomic E-state index is -0.817. The van der Waals surface area contributed by atoms with Crippen LogP contribution in [0.4, 0.5) is 11.4 Å². The predicted octanol–water partition coefficient (Wildman–Crippen LogP) is 4.66. The highest BCUT2D eigenvalue weighted by Crippen LogP contribution is 2.39. The molecule has 6 heteroatoms. The Kier molecular flexibility index (Phi) is 5.71. The van der Waals surface area contributed by atoms with E-state index in [1.807, 2.05) is 54.3 Å². The summed E-state index contributed by atoms with van der Waals surface area (Å²) in [5, 5.41) is 13.2. The molecule has 1 heterocycles. The second kappa shape index (κ2) is 8.01. The van der Waals surface area contributed by atoms with Crippen LogP contribution in [0.5, 0.6) is 0 Å². The number of aliphatic carboxylic acids is 1. The zero-order valence-electron chi connectivity index (χ0n) is 15.4. The zero-order valence-corrected chi connectivity index (χ0v) is 16.2. The van der Waals surface area contributed by atoms with E-state index in [1.165, 1.54) is 0 Å². The molecule has 2 atom stereocenters. The number of anilines is 2. The van der Waals surface area contributed by atoms with Crippen LogP contribution in [0.1, 0.15) is 43.9 Å². The standard InChI is InChI=1S/C21H23ClN2O3/c1-13-11-19(23-17-7-5-16(22)6-8-17)18-12-15(4-10-21(26)27)3-9-20(18)24(13)14(2)25/h3,5-9,12-13,19,23H,4,10-11H2,1-2H3,(H,26,27). The van der Waals surface area contributed by atoms with Crippen LogP contribution in [-0.2, 0) is 16.0 Å². The molecule has 1 aliphatic heterocycles. The predicted molar refractivity (Wildman–Crippen MR) is 107 cm³/mol. The van der Waals surface area contributed by atoms with Crippen molar-refractivity contribution in [2.75, 3.05) is 10.2 Å². The number of nitrogens with one attached hydrogen (secondary N) is 1. The van der Waals surface area contributed by atoms with Crippen LogP contribution in [0.3, 0.4) is 0 Å². The molecule has 2 N–H and O–H groups in total. The molecule has 0 fully saturated rings. The average Bonchev–Trinajstić information content (AvgIpc) is 2.61. The lowest BCUT2D eigenvalue weighted by molar-refractivity contribution is -0.137. The number of carboxylic acids is 1. The lowest BCUT2D eigenvalue weighted by Crippen LogP contribution is -2.43. The fourth-order valence-electron chi connectivity index (χ4n) is 3.68. The van der Waals surface area contributed by atoms with Gasteiger partial charge in [0.1, 0.15) is 0 Å². The number of hydrogen-bond acceptors (Lipinski definition) is 3. The minimum absolute atomic E-state index is 0.00646. The summed E-state index contributed by atoms with van der Waals surface area (Å²) in [4.78, 5) is 24.9. The van der Waals surface area contributed by atoms with Crippen molar-refractivity contribution in [1.29, 1.82) is 0 Å². The molecule has 1 aliphatic rings. The summed E-state index contributed by atoms with van der Waals surface area (Å²) in [5.74, 6) is -0.811. The Balaban J connectivity index is 1.96. The summed E-state index contributed by atoms with van der Waals surface area (Å²) in [7, 11) is 0. The smallest absolute Gasteiger partial charge is 0.303 e. The number of carboxylic acid groups (broad SMARTS) is 1. The molecule has 27 heavy (non-hydrogen) atoms. The maximum Gasteiger partial charge on any atom is 0.303 e. The summed E-state index contributed by atoms with van der Waals surface area (Å²) < 4.78 is 0. The summed E-state index contributed by atoms with van der Waals surface area (Å²) >= 11 is 5.97. The molecule has 0 radical (unpaired) electrons. The SMILES string of the molecule is CC(=O)N1c2ccc(CCC(=O)O)cc2C(Nc2ccc(Cl)cc2)CC1C. The highest BCUT2D eigenvalue weighted by molar-refractivity contribution is 6.30. The van der Waals surface area contributed by atoms with E-state index in [0.29, 0.717) is 11.4 Å². The molecular weight excluding hydrogens is 364 g/mol. The fourth-order valence-corrected chi connectivity index (χ4v) is 3.81. The Bertz CT molecular complexity index is 851. The zero-order chi connectivity index (χ0) is 19.6. The molecule has 0 spiro atoms. The van der Waals surface area contributed by atoms with Gasteiger partial charge in [0.05, 0.1) is 6.04 Å². The van der Waals surface area contributed by atoms with Crippen LogP contribution in [0.2, 0.25) is 5.02 Å². The number of halogens is 1. The minimum Gasteiger partial charge on any atom is -0.481 e. The molecular formula is C21H23ClN2O3. The van der Waals surface area contributed by atoms with Crippen LogP contribution in [0, 0.1) is 0 Å². The maximum absolute atomic E-state index is 12.2. The number of benzene rings is 2. The van der Waals surface area contributed by atoms with Crippen molar-refractivity contribution in [3.63, 3.8) is 0 Å². The quantitative estimate of drug-likeness (QED) is 0.784. The highest BCUT2D eigenvalue weighted by atomic mass is 35.5. The van der Waals surface area contributed by atoms with Gasteiger partial charge in [-0.25, -0.2) is 0 Å². The Morgan fingerprint density at radius 1 is 1.22 bits per heavy atom. The largest absolute Gasteiger partial charge is 0.481 e. The van der Waals surface area contributed by atoms with Gasteiger partial charge in [0.2, 0.25) is 5.91 Å². The maximum atomic E-state index is 12.2. The highest BCUT2D eigenvalue weighted by Gasteiger charge is 2.32. The number of carbonyl (C=O) groups is 2. The van der Waals surface area contributed by atoms with Crippen LogP contribution in [0.15, 0.2) is 42.5 Å². The molecule has 1 amide bonds. The Hall–Kier alpha value is -2.53. The number of hydrogen-bond donors (Lipinski definition) is 2. The van der Waals surface area contributed by atoms with Gasteiger partial charge in [0.25, 0.3) is 0 Å². The van der Waals surface area contributed by atoms with Gasteiger partial charge in [-0.2, -0.15) is 0 Å². The molecule has 142 valence electrons. The van der Waals surface area contributed by atoms with Gasteiger partial charge in [-0.05, 0) is 61.2 Å². The van der Waals surface area contributed by atoms with Crippen molar-refractivity contribution < 1.29 is 14.7 Å². The first kappa shape index (κ1) is 19.2. The molecule has 0 aliphatic carbocycles. The van der Waals surface area contributed by atoms with E-state index in [0.717, 1.165) is 28.9 Å². The Labute approximate surface area is 163 Å². The fraction of sp³-hybridized carbons (Fsp3) is 0.333. The van der Waals surface area contributed by atoms with Gasteiger partial charge in [-0.1, -0.05) is 23.7 Å². The van der Waals surface area contributed by atoms with Crippen LogP contribution < -0.4 is 10.2 Å². The van der Waals surface area contributed by atoms with E-state index < -0.39 is 5.97 Å². The van der Waals surface area contributed by atoms with Gasteiger partial charge in [-0.15, -0.1) is 0 Å². The molecule has 2 unspecified atom stereocenters. The van der Waals surface area contributed by atoms with Gasteiger partial charge in [0, 0.05) is 35.8 Å². The van der Waals surface area contributed by atoms with E-state index in [4.69, 9.17) is 16.7 Å². The summed E-state index contributed by atoms with van der Waals surface area (Å²) in [5.41, 5.74) is 3.81. The van der Waals surface area contributed by atoms with Crippen molar-refractivity contribution in [2.24, 2.45) is 0 Å². The van der Waals surface area contributed by atoms with E-state index in [9.17, 15) is 9.59 Å². The lowest BCUT2D eigenvalue weighted by Gasteiger charge is -2.39. The first-order valence-corrected chi connectivity index (χ1v) is 9.39. The molecule has 0 saturated carbocycles. The number of aryl methyl sites for hydroxylation is 1. The van der Waals surface area contributed by atoms with E-state index in [1.54, 1.807) is 6.92 Å². The van der Waals surface area contributed by atoms with Gasteiger partial charge in [0.15, 0.2) is 0 Å². The third-order valence-electron chi connectivity index (χ3n) is 4.90. The van der Waals surface area contributed by atoms with Gasteiger partial charge in [-0.3, -0.25) is 9.59 Å². The van der Waals surface area contributed by atoms with Crippen molar-refractivity contribution in [3.05, 3.63) is 58.6 Å². The Morgan fingerprint density at radius 2 is 1.93 bits per heavy atom. The molecule has 0 aromatic heterocycles. The summed E-state index contributed by atoms with van der Waals surface area (Å²) in [6, 6.07) is 13.5. The Morgan fingerprint density at radius 3 is 2.56 bits per heavy atom. The number of rotatable bonds is 5. The topological polar surface area (TPSA) is 69.6 Å². The lowest BCUT2D eigenvalue weighted by atomic mass is 9.89. The van der Waals surface area contributed by atoms with E-state index in [-0.39, 0.29) is 24.4 Å². The van der Waals surface area contributed by atoms with Gasteiger partial charge >= 0.3 is 5.97 Å². The molecule has 0 bridgehead atoms. The third kappa shape index (κ3) is 4.42. The van der Waals surface area contributed by atoms with Crippen molar-refractivity contribution in [1.82, 2.24) is 0 Å². The number of nitrogens with zero attached hydrogens (tertiary/aromatic N) is 1. The molecule has 2 aromatic carbocycles.